The molecule has 10 heteroatoms. The number of anilines is 1. The Morgan fingerprint density at radius 3 is 2.75 bits per heavy atom. The third-order valence-electron chi connectivity index (χ3n) is 5.47. The predicted molar refractivity (Wildman–Crippen MR) is 125 cm³/mol. The number of urea groups is 1. The molecule has 0 atom stereocenters. The second-order valence-corrected chi connectivity index (χ2v) is 10.1. The molecule has 1 aliphatic rings. The molecule has 9 nitrogen and oxygen atoms in total. The third-order valence-corrected chi connectivity index (χ3v) is 7.00. The minimum Gasteiger partial charge on any atom is -0.334 e. The fraction of sp³-hybridized carbons (Fsp3) is 0.455. The van der Waals surface area contributed by atoms with Gasteiger partial charge in [-0.1, -0.05) is 18.2 Å². The number of aryl methyl sites for hydroxylation is 1. The summed E-state index contributed by atoms with van der Waals surface area (Å²) in [6, 6.07) is 9.62. The van der Waals surface area contributed by atoms with E-state index in [4.69, 9.17) is 0 Å². The van der Waals surface area contributed by atoms with Crippen molar-refractivity contribution in [2.45, 2.75) is 32.9 Å². The van der Waals surface area contributed by atoms with Crippen molar-refractivity contribution in [3.05, 3.63) is 58.9 Å². The minimum absolute atomic E-state index is 0.258. The zero-order chi connectivity index (χ0) is 23.1. The number of hydrogen-bond acceptors (Lipinski definition) is 5. The lowest BCUT2D eigenvalue weighted by molar-refractivity contribution is 0.249. The van der Waals surface area contributed by atoms with Gasteiger partial charge in [0, 0.05) is 46.0 Å². The molecule has 1 aliphatic heterocycles. The Labute approximate surface area is 190 Å². The maximum atomic E-state index is 12.2. The monoisotopic (exact) mass is 460 g/mol. The summed E-state index contributed by atoms with van der Waals surface area (Å²) in [6.07, 6.45) is 3.29. The molecule has 1 aromatic heterocycles. The molecule has 0 fully saturated rings. The largest absolute Gasteiger partial charge is 0.334 e. The van der Waals surface area contributed by atoms with Crippen LogP contribution in [0.15, 0.2) is 36.5 Å². The van der Waals surface area contributed by atoms with Crippen molar-refractivity contribution >= 4 is 21.9 Å². The lowest BCUT2D eigenvalue weighted by Gasteiger charge is -2.30. The predicted octanol–water partition coefficient (Wildman–Crippen LogP) is 1.86. The molecule has 2 amide bonds. The number of pyridine rings is 1. The fourth-order valence-corrected chi connectivity index (χ4v) is 4.29. The minimum atomic E-state index is -3.37. The summed E-state index contributed by atoms with van der Waals surface area (Å²) < 4.78 is 27.3. The van der Waals surface area contributed by atoms with Crippen LogP contribution >= 0.6 is 0 Å². The zero-order valence-corrected chi connectivity index (χ0v) is 19.7. The van der Waals surface area contributed by atoms with E-state index in [0.29, 0.717) is 18.8 Å². The van der Waals surface area contributed by atoms with Gasteiger partial charge in [0.15, 0.2) is 0 Å². The molecule has 0 radical (unpaired) electrons. The van der Waals surface area contributed by atoms with E-state index < -0.39 is 10.2 Å². The molecule has 0 bridgehead atoms. The number of rotatable bonds is 9. The molecule has 32 heavy (non-hydrogen) atoms. The van der Waals surface area contributed by atoms with Crippen LogP contribution in [0.25, 0.3) is 0 Å². The van der Waals surface area contributed by atoms with Gasteiger partial charge in [-0.15, -0.1) is 0 Å². The van der Waals surface area contributed by atoms with Crippen LogP contribution in [-0.4, -0.2) is 62.4 Å². The number of nitrogens with zero attached hydrogens (tertiary/aromatic N) is 3. The third kappa shape index (κ3) is 6.73. The number of carbonyl (C=O) groups is 1. The molecule has 1 aromatic carbocycles. The van der Waals surface area contributed by atoms with Crippen molar-refractivity contribution < 1.29 is 13.2 Å². The van der Waals surface area contributed by atoms with Gasteiger partial charge in [0.25, 0.3) is 10.2 Å². The number of benzene rings is 1. The van der Waals surface area contributed by atoms with Crippen molar-refractivity contribution in [2.24, 2.45) is 0 Å². The fourth-order valence-electron chi connectivity index (χ4n) is 3.63. The first-order chi connectivity index (χ1) is 15.2. The average Bonchev–Trinajstić information content (AvgIpc) is 2.76. The van der Waals surface area contributed by atoms with Crippen molar-refractivity contribution in [1.29, 1.82) is 0 Å². The maximum absolute atomic E-state index is 12.2. The van der Waals surface area contributed by atoms with E-state index in [0.717, 1.165) is 43.7 Å². The first kappa shape index (κ1) is 24.1. The van der Waals surface area contributed by atoms with Crippen molar-refractivity contribution in [3.63, 3.8) is 0 Å². The Balaban J connectivity index is 1.48. The van der Waals surface area contributed by atoms with Gasteiger partial charge in [0.2, 0.25) is 0 Å². The second-order valence-electron chi connectivity index (χ2n) is 8.11. The smallest absolute Gasteiger partial charge is 0.319 e. The summed E-state index contributed by atoms with van der Waals surface area (Å²) in [6.45, 7) is 5.33. The van der Waals surface area contributed by atoms with Gasteiger partial charge in [0.05, 0.1) is 11.9 Å². The Kier molecular flexibility index (Phi) is 8.19. The normalized spacial score (nSPS) is 14.2. The highest BCUT2D eigenvalue weighted by molar-refractivity contribution is 7.87. The Hall–Kier alpha value is -2.53. The molecular weight excluding hydrogens is 428 g/mol. The molecule has 0 unspecified atom stereocenters. The molecule has 0 spiro atoms. The van der Waals surface area contributed by atoms with Gasteiger partial charge in [-0.3, -0.25) is 9.88 Å². The number of nitrogens with one attached hydrogen (secondary N) is 3. The van der Waals surface area contributed by atoms with Crippen LogP contribution in [0.3, 0.4) is 0 Å². The summed E-state index contributed by atoms with van der Waals surface area (Å²) in [7, 11) is -0.342. The molecular formula is C22H32N6O3S. The number of aromatic nitrogens is 1. The van der Waals surface area contributed by atoms with Gasteiger partial charge in [0.1, 0.15) is 0 Å². The highest BCUT2D eigenvalue weighted by Gasteiger charge is 2.19. The van der Waals surface area contributed by atoms with Gasteiger partial charge in [-0.2, -0.15) is 12.7 Å². The van der Waals surface area contributed by atoms with Crippen LogP contribution in [-0.2, 0) is 29.7 Å². The molecule has 0 saturated heterocycles. The number of fused-ring (bicyclic) bond motifs is 1. The molecule has 0 saturated carbocycles. The summed E-state index contributed by atoms with van der Waals surface area (Å²) in [5, 5.41) is 5.73. The molecule has 3 N–H and O–H groups in total. The summed E-state index contributed by atoms with van der Waals surface area (Å²) in [5.74, 6) is 0. The van der Waals surface area contributed by atoms with Crippen molar-refractivity contribution in [3.8, 4) is 0 Å². The van der Waals surface area contributed by atoms with E-state index in [1.807, 2.05) is 25.1 Å². The van der Waals surface area contributed by atoms with E-state index in [1.54, 1.807) is 6.20 Å². The van der Waals surface area contributed by atoms with Crippen LogP contribution in [0, 0.1) is 6.92 Å². The van der Waals surface area contributed by atoms with Crippen LogP contribution in [0.5, 0.6) is 0 Å². The summed E-state index contributed by atoms with van der Waals surface area (Å²) in [5.41, 5.74) is 5.22. The second kappa shape index (κ2) is 10.9. The van der Waals surface area contributed by atoms with Crippen molar-refractivity contribution in [1.82, 2.24) is 24.2 Å². The average molecular weight is 461 g/mol. The van der Waals surface area contributed by atoms with E-state index in [1.165, 1.54) is 29.5 Å². The number of amides is 2. The van der Waals surface area contributed by atoms with E-state index in [2.05, 4.69) is 37.4 Å². The van der Waals surface area contributed by atoms with Crippen molar-refractivity contribution in [2.75, 3.05) is 39.0 Å². The Bertz CT molecular complexity index is 1020. The number of hydrogen-bond donors (Lipinski definition) is 3. The Morgan fingerprint density at radius 1 is 1.22 bits per heavy atom. The molecule has 2 aromatic rings. The topological polar surface area (TPSA) is 107 Å². The maximum Gasteiger partial charge on any atom is 0.319 e. The lowest BCUT2D eigenvalue weighted by Crippen LogP contribution is -2.38. The number of carbonyl (C=O) groups excluding carboxylic acids is 1. The Morgan fingerprint density at radius 2 is 2.03 bits per heavy atom. The van der Waals surface area contributed by atoms with Gasteiger partial charge < -0.3 is 10.6 Å². The zero-order valence-electron chi connectivity index (χ0n) is 18.9. The molecule has 2 heterocycles. The highest BCUT2D eigenvalue weighted by Crippen LogP contribution is 2.23. The van der Waals surface area contributed by atoms with Gasteiger partial charge >= 0.3 is 6.03 Å². The first-order valence-electron chi connectivity index (χ1n) is 10.7. The van der Waals surface area contributed by atoms with Gasteiger partial charge in [-0.05, 0) is 55.1 Å². The molecule has 0 aliphatic carbocycles. The first-order valence-corrected chi connectivity index (χ1v) is 12.2. The summed E-state index contributed by atoms with van der Waals surface area (Å²) >= 11 is 0. The lowest BCUT2D eigenvalue weighted by atomic mass is 9.94. The standard InChI is InChI=1S/C22H32N6O3S/c1-17-8-9-20(15-23-17)26-22(29)24-14-18-6-4-7-19-16-28(13-10-21(18)19)12-5-11-25-32(30,31)27(2)3/h4,6-9,15,25H,5,10-14,16H2,1-3H3,(H2,24,26,29). The van der Waals surface area contributed by atoms with E-state index in [-0.39, 0.29) is 6.03 Å². The van der Waals surface area contributed by atoms with E-state index in [9.17, 15) is 13.2 Å². The summed E-state index contributed by atoms with van der Waals surface area (Å²) in [4.78, 5) is 18.8. The SMILES string of the molecule is Cc1ccc(NC(=O)NCc2cccc3c2CCN(CCCNS(=O)(=O)N(C)C)C3)cn1. The van der Waals surface area contributed by atoms with Crippen LogP contribution < -0.4 is 15.4 Å². The highest BCUT2D eigenvalue weighted by atomic mass is 32.2. The van der Waals surface area contributed by atoms with Gasteiger partial charge in [-0.25, -0.2) is 9.52 Å². The molecule has 174 valence electrons. The quantitative estimate of drug-likeness (QED) is 0.495. The van der Waals surface area contributed by atoms with Crippen LogP contribution in [0.2, 0.25) is 0 Å². The van der Waals surface area contributed by atoms with Crippen LogP contribution in [0.4, 0.5) is 10.5 Å². The van der Waals surface area contributed by atoms with E-state index >= 15 is 0 Å². The molecule has 3 rings (SSSR count). The van der Waals surface area contributed by atoms with Crippen LogP contribution in [0.1, 0.15) is 28.8 Å².